The second kappa shape index (κ2) is 8.48. The molecule has 5 N–H and O–H groups in total. The van der Waals surface area contributed by atoms with E-state index in [-0.39, 0.29) is 18.5 Å². The van der Waals surface area contributed by atoms with E-state index in [0.29, 0.717) is 24.2 Å². The molecule has 5 atom stereocenters. The third kappa shape index (κ3) is 3.72. The topological polar surface area (TPSA) is 159 Å². The number of aliphatic hydroxyl groups excluding tert-OH is 2. The number of rotatable bonds is 6. The Hall–Kier alpha value is -3.03. The number of nitrogens with zero attached hydrogens (tertiary/aromatic N) is 4. The molecule has 0 saturated carbocycles. The minimum Gasteiger partial charge on any atom is -0.497 e. The van der Waals surface area contributed by atoms with Gasteiger partial charge in [-0.05, 0) is 18.1 Å². The van der Waals surface area contributed by atoms with Crippen LogP contribution >= 0.6 is 0 Å². The summed E-state index contributed by atoms with van der Waals surface area (Å²) >= 11 is 0. The van der Waals surface area contributed by atoms with Crippen LogP contribution in [-0.2, 0) is 16.0 Å². The summed E-state index contributed by atoms with van der Waals surface area (Å²) in [5, 5.41) is 21.0. The van der Waals surface area contributed by atoms with E-state index in [1.165, 1.54) is 17.2 Å². The SMILES string of the molecule is COc1ccc2c(c1)OCC(NOC[C@H]1O[C@@H](n3cnc4c(N)ncnc43)[C@H](O)[C@@H]1O)C2. The number of aromatic nitrogens is 4. The summed E-state index contributed by atoms with van der Waals surface area (Å²) in [7, 11) is 1.61. The zero-order valence-corrected chi connectivity index (χ0v) is 17.3. The molecule has 3 aromatic rings. The van der Waals surface area contributed by atoms with E-state index in [1.807, 2.05) is 18.2 Å². The van der Waals surface area contributed by atoms with Gasteiger partial charge in [-0.15, -0.1) is 0 Å². The smallest absolute Gasteiger partial charge is 0.167 e. The van der Waals surface area contributed by atoms with Gasteiger partial charge < -0.3 is 30.2 Å². The first-order valence-electron chi connectivity index (χ1n) is 10.2. The highest BCUT2D eigenvalue weighted by Crippen LogP contribution is 2.32. The van der Waals surface area contributed by atoms with Crippen molar-refractivity contribution in [2.24, 2.45) is 0 Å². The number of nitrogen functional groups attached to an aromatic ring is 1. The molecule has 1 unspecified atom stereocenters. The molecule has 1 fully saturated rings. The van der Waals surface area contributed by atoms with E-state index in [0.717, 1.165) is 17.1 Å². The summed E-state index contributed by atoms with van der Waals surface area (Å²) in [4.78, 5) is 17.8. The van der Waals surface area contributed by atoms with E-state index < -0.39 is 24.5 Å². The fourth-order valence-corrected chi connectivity index (χ4v) is 3.96. The number of hydrogen-bond donors (Lipinski definition) is 4. The van der Waals surface area contributed by atoms with Crippen molar-refractivity contribution in [3.63, 3.8) is 0 Å². The van der Waals surface area contributed by atoms with Crippen molar-refractivity contribution >= 4 is 17.0 Å². The number of nitrogens with two attached hydrogens (primary N) is 1. The molecule has 1 saturated heterocycles. The van der Waals surface area contributed by atoms with Gasteiger partial charge in [0.1, 0.15) is 48.3 Å². The number of fused-ring (bicyclic) bond motifs is 2. The quantitative estimate of drug-likeness (QED) is 0.365. The van der Waals surface area contributed by atoms with E-state index in [4.69, 9.17) is 24.8 Å². The highest BCUT2D eigenvalue weighted by atomic mass is 16.7. The summed E-state index contributed by atoms with van der Waals surface area (Å²) < 4.78 is 18.4. The van der Waals surface area contributed by atoms with Crippen molar-refractivity contribution < 1.29 is 29.3 Å². The molecule has 1 aromatic carbocycles. The molecule has 12 nitrogen and oxygen atoms in total. The van der Waals surface area contributed by atoms with Gasteiger partial charge in [-0.2, -0.15) is 5.48 Å². The summed E-state index contributed by atoms with van der Waals surface area (Å²) in [5.74, 6) is 1.76. The van der Waals surface area contributed by atoms with Crippen LogP contribution in [0.3, 0.4) is 0 Å². The molecule has 2 aliphatic heterocycles. The number of hydroxylamine groups is 1. The Morgan fingerprint density at radius 1 is 1.25 bits per heavy atom. The van der Waals surface area contributed by atoms with Crippen LogP contribution in [0.25, 0.3) is 11.2 Å². The van der Waals surface area contributed by atoms with Gasteiger partial charge in [0.25, 0.3) is 0 Å². The average molecular weight is 444 g/mol. The summed E-state index contributed by atoms with van der Waals surface area (Å²) in [6, 6.07) is 5.62. The van der Waals surface area contributed by atoms with Crippen molar-refractivity contribution in [1.29, 1.82) is 0 Å². The normalized spacial score (nSPS) is 27.3. The third-order valence-corrected chi connectivity index (χ3v) is 5.68. The highest BCUT2D eigenvalue weighted by Gasteiger charge is 2.44. The maximum Gasteiger partial charge on any atom is 0.167 e. The van der Waals surface area contributed by atoms with E-state index in [9.17, 15) is 10.2 Å². The van der Waals surface area contributed by atoms with Crippen LogP contribution in [0.4, 0.5) is 5.82 Å². The van der Waals surface area contributed by atoms with Gasteiger partial charge in [0.2, 0.25) is 0 Å². The van der Waals surface area contributed by atoms with Gasteiger partial charge in [0, 0.05) is 6.07 Å². The Balaban J connectivity index is 1.19. The van der Waals surface area contributed by atoms with Crippen LogP contribution < -0.4 is 20.7 Å². The fraction of sp³-hybridized carbons (Fsp3) is 0.450. The number of imidazole rings is 1. The number of aliphatic hydroxyl groups is 2. The second-order valence-electron chi connectivity index (χ2n) is 7.74. The molecule has 170 valence electrons. The molecule has 4 heterocycles. The van der Waals surface area contributed by atoms with Gasteiger partial charge in [-0.25, -0.2) is 15.0 Å². The summed E-state index contributed by atoms with van der Waals surface area (Å²) in [6.07, 6.45) is -0.549. The largest absolute Gasteiger partial charge is 0.497 e. The number of methoxy groups -OCH3 is 1. The van der Waals surface area contributed by atoms with Crippen molar-refractivity contribution in [3.05, 3.63) is 36.4 Å². The fourth-order valence-electron chi connectivity index (χ4n) is 3.96. The van der Waals surface area contributed by atoms with E-state index in [2.05, 4.69) is 20.4 Å². The molecule has 0 bridgehead atoms. The van der Waals surface area contributed by atoms with Crippen molar-refractivity contribution in [2.75, 3.05) is 26.1 Å². The first kappa shape index (κ1) is 20.8. The highest BCUT2D eigenvalue weighted by molar-refractivity contribution is 5.81. The Bertz CT molecular complexity index is 1110. The van der Waals surface area contributed by atoms with Crippen LogP contribution in [0.5, 0.6) is 11.5 Å². The monoisotopic (exact) mass is 444 g/mol. The van der Waals surface area contributed by atoms with Crippen molar-refractivity contribution in [3.8, 4) is 11.5 Å². The molecule has 0 radical (unpaired) electrons. The molecule has 0 spiro atoms. The second-order valence-corrected chi connectivity index (χ2v) is 7.74. The van der Waals surface area contributed by atoms with Crippen LogP contribution in [0.2, 0.25) is 0 Å². The van der Waals surface area contributed by atoms with Crippen molar-refractivity contribution in [1.82, 2.24) is 25.0 Å². The Morgan fingerprint density at radius 3 is 2.97 bits per heavy atom. The van der Waals surface area contributed by atoms with Crippen LogP contribution in [-0.4, -0.2) is 74.4 Å². The minimum atomic E-state index is -1.20. The van der Waals surface area contributed by atoms with Crippen LogP contribution in [0.15, 0.2) is 30.9 Å². The molecular weight excluding hydrogens is 420 g/mol. The molecule has 2 aromatic heterocycles. The lowest BCUT2D eigenvalue weighted by Crippen LogP contribution is -2.42. The maximum atomic E-state index is 10.5. The zero-order chi connectivity index (χ0) is 22.2. The Morgan fingerprint density at radius 2 is 2.12 bits per heavy atom. The van der Waals surface area contributed by atoms with Gasteiger partial charge in [0.05, 0.1) is 26.1 Å². The molecule has 2 aliphatic rings. The van der Waals surface area contributed by atoms with E-state index >= 15 is 0 Å². The lowest BCUT2D eigenvalue weighted by Gasteiger charge is -2.26. The lowest BCUT2D eigenvalue weighted by atomic mass is 10.0. The first-order chi connectivity index (χ1) is 15.5. The molecule has 0 aliphatic carbocycles. The molecule has 0 amide bonds. The number of ether oxygens (including phenoxy) is 3. The predicted molar refractivity (Wildman–Crippen MR) is 111 cm³/mol. The predicted octanol–water partition coefficient (Wildman–Crippen LogP) is -0.439. The van der Waals surface area contributed by atoms with Gasteiger partial charge in [-0.3, -0.25) is 9.40 Å². The maximum absolute atomic E-state index is 10.5. The number of benzene rings is 1. The Kier molecular flexibility index (Phi) is 5.53. The average Bonchev–Trinajstić information content (AvgIpc) is 3.36. The first-order valence-corrected chi connectivity index (χ1v) is 10.2. The Labute approximate surface area is 182 Å². The lowest BCUT2D eigenvalue weighted by molar-refractivity contribution is -0.0955. The number of nitrogens with one attached hydrogen (secondary N) is 1. The van der Waals surface area contributed by atoms with Crippen LogP contribution in [0, 0.1) is 0 Å². The zero-order valence-electron chi connectivity index (χ0n) is 17.3. The van der Waals surface area contributed by atoms with Gasteiger partial charge in [0.15, 0.2) is 17.7 Å². The molecule has 12 heteroatoms. The van der Waals surface area contributed by atoms with Gasteiger partial charge in [-0.1, -0.05) is 6.07 Å². The molecular formula is C20H24N6O6. The van der Waals surface area contributed by atoms with Crippen molar-refractivity contribution in [2.45, 2.75) is 37.0 Å². The summed E-state index contributed by atoms with van der Waals surface area (Å²) in [5.41, 5.74) is 10.6. The number of anilines is 1. The van der Waals surface area contributed by atoms with E-state index in [1.54, 1.807) is 7.11 Å². The minimum absolute atomic E-state index is 0.0183. The third-order valence-electron chi connectivity index (χ3n) is 5.68. The van der Waals surface area contributed by atoms with Gasteiger partial charge >= 0.3 is 0 Å². The standard InChI is InChI=1S/C20H24N6O6/c1-29-12-3-2-10-4-11(6-30-13(10)5-12)25-31-7-14-16(27)17(28)20(32-14)26-9-24-15-18(21)22-8-23-19(15)26/h2-3,5,8-9,11,14,16-17,20,25,27-28H,4,6-7H2,1H3,(H2,21,22,23)/t11?,14-,16-,17-,20-/m1/s1. The number of hydrogen-bond acceptors (Lipinski definition) is 11. The van der Waals surface area contributed by atoms with Crippen LogP contribution in [0.1, 0.15) is 11.8 Å². The molecule has 32 heavy (non-hydrogen) atoms. The molecule has 5 rings (SSSR count). The summed E-state index contributed by atoms with van der Waals surface area (Å²) in [6.45, 7) is 0.437.